The van der Waals surface area contributed by atoms with Gasteiger partial charge < -0.3 is 14.7 Å². The maximum atomic E-state index is 12.8. The topological polar surface area (TPSA) is 66.8 Å². The van der Waals surface area contributed by atoms with Gasteiger partial charge in [0.15, 0.2) is 6.61 Å². The molecular weight excluding hydrogens is 289 g/mol. The molecule has 1 saturated heterocycles. The number of amides is 1. The van der Waals surface area contributed by atoms with Crippen molar-refractivity contribution >= 4 is 23.5 Å². The number of nitrogens with zero attached hydrogens (tertiary/aromatic N) is 1. The molecule has 0 radical (unpaired) electrons. The number of aliphatic carboxylic acids is 1. The lowest BCUT2D eigenvalue weighted by molar-refractivity contribution is -0.141. The van der Waals surface area contributed by atoms with Crippen LogP contribution in [0.25, 0.3) is 0 Å². The van der Waals surface area contributed by atoms with Crippen molar-refractivity contribution in [3.05, 3.63) is 29.0 Å². The number of hydrogen-bond acceptors (Lipinski definition) is 3. The fraction of sp³-hybridized carbons (Fsp3) is 0.385. The molecule has 1 N–H and O–H groups in total. The monoisotopic (exact) mass is 301 g/mol. The van der Waals surface area contributed by atoms with Crippen LogP contribution in [-0.2, 0) is 9.59 Å². The maximum Gasteiger partial charge on any atom is 0.308 e. The molecule has 0 saturated carbocycles. The first-order valence-corrected chi connectivity index (χ1v) is 6.43. The molecular formula is C13H13ClFNO4. The number of carboxylic acids is 1. The maximum absolute atomic E-state index is 12.8. The van der Waals surface area contributed by atoms with Crippen molar-refractivity contribution < 1.29 is 23.8 Å². The third-order valence-corrected chi connectivity index (χ3v) is 3.43. The van der Waals surface area contributed by atoms with E-state index in [4.69, 9.17) is 21.4 Å². The van der Waals surface area contributed by atoms with Gasteiger partial charge >= 0.3 is 5.97 Å². The summed E-state index contributed by atoms with van der Waals surface area (Å²) in [5, 5.41) is 8.95. The Labute approximate surface area is 119 Å². The molecule has 1 aromatic rings. The summed E-state index contributed by atoms with van der Waals surface area (Å²) in [5.41, 5.74) is 0. The molecule has 1 amide bonds. The zero-order chi connectivity index (χ0) is 14.7. The lowest BCUT2D eigenvalue weighted by Gasteiger charge is -2.16. The Balaban J connectivity index is 1.88. The highest BCUT2D eigenvalue weighted by Gasteiger charge is 2.30. The first kappa shape index (κ1) is 14.6. The van der Waals surface area contributed by atoms with Gasteiger partial charge in [0.1, 0.15) is 11.6 Å². The van der Waals surface area contributed by atoms with Crippen molar-refractivity contribution in [1.29, 1.82) is 0 Å². The van der Waals surface area contributed by atoms with Gasteiger partial charge in [-0.05, 0) is 24.6 Å². The molecule has 1 aromatic carbocycles. The number of carboxylic acid groups (broad SMARTS) is 1. The number of hydrogen-bond donors (Lipinski definition) is 1. The van der Waals surface area contributed by atoms with Crippen LogP contribution in [0.1, 0.15) is 6.42 Å². The summed E-state index contributed by atoms with van der Waals surface area (Å²) < 4.78 is 18.1. The minimum absolute atomic E-state index is 0.0858. The Morgan fingerprint density at radius 3 is 2.85 bits per heavy atom. The van der Waals surface area contributed by atoms with Gasteiger partial charge in [-0.1, -0.05) is 11.6 Å². The normalized spacial score (nSPS) is 18.1. The van der Waals surface area contributed by atoms with Gasteiger partial charge in [0.25, 0.3) is 5.91 Å². The summed E-state index contributed by atoms with van der Waals surface area (Å²) in [7, 11) is 0. The zero-order valence-corrected chi connectivity index (χ0v) is 11.3. The van der Waals surface area contributed by atoms with E-state index in [1.54, 1.807) is 0 Å². The quantitative estimate of drug-likeness (QED) is 0.921. The van der Waals surface area contributed by atoms with E-state index in [0.29, 0.717) is 13.0 Å². The Kier molecular flexibility index (Phi) is 4.44. The molecule has 1 aliphatic rings. The van der Waals surface area contributed by atoms with Gasteiger partial charge in [-0.2, -0.15) is 0 Å². The summed E-state index contributed by atoms with van der Waals surface area (Å²) in [6.45, 7) is 0.336. The first-order chi connectivity index (χ1) is 9.47. The van der Waals surface area contributed by atoms with Crippen LogP contribution in [0.3, 0.4) is 0 Å². The van der Waals surface area contributed by atoms with E-state index in [-0.39, 0.29) is 29.8 Å². The molecule has 0 bridgehead atoms. The molecule has 0 unspecified atom stereocenters. The second kappa shape index (κ2) is 6.09. The fourth-order valence-electron chi connectivity index (χ4n) is 2.01. The highest BCUT2D eigenvalue weighted by atomic mass is 35.5. The van der Waals surface area contributed by atoms with Crippen molar-refractivity contribution in [2.75, 3.05) is 19.7 Å². The van der Waals surface area contributed by atoms with Crippen LogP contribution in [0.2, 0.25) is 5.02 Å². The van der Waals surface area contributed by atoms with Crippen molar-refractivity contribution in [2.24, 2.45) is 5.92 Å². The first-order valence-electron chi connectivity index (χ1n) is 6.06. The smallest absolute Gasteiger partial charge is 0.308 e. The van der Waals surface area contributed by atoms with Gasteiger partial charge in [-0.15, -0.1) is 0 Å². The Morgan fingerprint density at radius 2 is 2.25 bits per heavy atom. The molecule has 1 aliphatic heterocycles. The second-order valence-electron chi connectivity index (χ2n) is 4.53. The number of likely N-dealkylation sites (tertiary alicyclic amines) is 1. The SMILES string of the molecule is O=C(O)[C@H]1CCN(C(=O)COc2ccc(F)cc2Cl)C1. The third-order valence-electron chi connectivity index (χ3n) is 3.14. The molecule has 1 atom stereocenters. The van der Waals surface area contributed by atoms with E-state index in [0.717, 1.165) is 6.07 Å². The average Bonchev–Trinajstić information content (AvgIpc) is 2.87. The standard InChI is InChI=1S/C13H13ClFNO4/c14-10-5-9(15)1-2-11(10)20-7-12(17)16-4-3-8(6-16)13(18)19/h1-2,5,8H,3-4,6-7H2,(H,18,19)/t8-/m0/s1. The fourth-order valence-corrected chi connectivity index (χ4v) is 2.23. The van der Waals surface area contributed by atoms with Gasteiger partial charge in [0, 0.05) is 13.1 Å². The molecule has 0 aromatic heterocycles. The average molecular weight is 302 g/mol. The Bertz CT molecular complexity index is 537. The van der Waals surface area contributed by atoms with Crippen molar-refractivity contribution in [1.82, 2.24) is 4.90 Å². The molecule has 1 heterocycles. The number of ether oxygens (including phenoxy) is 1. The predicted octanol–water partition coefficient (Wildman–Crippen LogP) is 1.79. The van der Waals surface area contributed by atoms with E-state index in [2.05, 4.69) is 0 Å². The molecule has 5 nitrogen and oxygen atoms in total. The number of carbonyl (C=O) groups excluding carboxylic acids is 1. The lowest BCUT2D eigenvalue weighted by Crippen LogP contribution is -2.33. The molecule has 7 heteroatoms. The van der Waals surface area contributed by atoms with E-state index in [1.807, 2.05) is 0 Å². The van der Waals surface area contributed by atoms with Crippen molar-refractivity contribution in [3.63, 3.8) is 0 Å². The van der Waals surface area contributed by atoms with Crippen molar-refractivity contribution in [3.8, 4) is 5.75 Å². The summed E-state index contributed by atoms with van der Waals surface area (Å²) in [6.07, 6.45) is 0.443. The minimum atomic E-state index is -0.900. The minimum Gasteiger partial charge on any atom is -0.482 e. The van der Waals surface area contributed by atoms with Gasteiger partial charge in [0.05, 0.1) is 10.9 Å². The van der Waals surface area contributed by atoms with Crippen LogP contribution in [0.5, 0.6) is 5.75 Å². The number of rotatable bonds is 4. The Hall–Kier alpha value is -1.82. The van der Waals surface area contributed by atoms with Gasteiger partial charge in [-0.25, -0.2) is 4.39 Å². The summed E-state index contributed by atoms with van der Waals surface area (Å²) in [5.74, 6) is -2.00. The van der Waals surface area contributed by atoms with Crippen LogP contribution in [0, 0.1) is 11.7 Å². The summed E-state index contributed by atoms with van der Waals surface area (Å²) >= 11 is 5.77. The molecule has 0 aliphatic carbocycles. The molecule has 1 fully saturated rings. The number of benzene rings is 1. The van der Waals surface area contributed by atoms with E-state index in [9.17, 15) is 14.0 Å². The molecule has 0 spiro atoms. The third kappa shape index (κ3) is 3.39. The highest BCUT2D eigenvalue weighted by molar-refractivity contribution is 6.32. The van der Waals surface area contributed by atoms with Crippen LogP contribution < -0.4 is 4.74 Å². The van der Waals surface area contributed by atoms with Gasteiger partial charge in [0.2, 0.25) is 0 Å². The summed E-state index contributed by atoms with van der Waals surface area (Å²) in [6, 6.07) is 3.62. The van der Waals surface area contributed by atoms with E-state index >= 15 is 0 Å². The largest absolute Gasteiger partial charge is 0.482 e. The number of halogens is 2. The molecule has 2 rings (SSSR count). The van der Waals surface area contributed by atoms with Crippen LogP contribution in [0.4, 0.5) is 4.39 Å². The van der Waals surface area contributed by atoms with Crippen LogP contribution in [-0.4, -0.2) is 41.6 Å². The van der Waals surface area contributed by atoms with Crippen LogP contribution in [0.15, 0.2) is 18.2 Å². The molecule has 108 valence electrons. The Morgan fingerprint density at radius 1 is 1.50 bits per heavy atom. The van der Waals surface area contributed by atoms with E-state index < -0.39 is 17.7 Å². The number of carbonyl (C=O) groups is 2. The zero-order valence-electron chi connectivity index (χ0n) is 10.5. The van der Waals surface area contributed by atoms with Crippen LogP contribution >= 0.6 is 11.6 Å². The van der Waals surface area contributed by atoms with Crippen molar-refractivity contribution in [2.45, 2.75) is 6.42 Å². The van der Waals surface area contributed by atoms with E-state index in [1.165, 1.54) is 17.0 Å². The summed E-state index contributed by atoms with van der Waals surface area (Å²) in [4.78, 5) is 24.1. The predicted molar refractivity (Wildman–Crippen MR) is 69.2 cm³/mol. The highest BCUT2D eigenvalue weighted by Crippen LogP contribution is 2.25. The van der Waals surface area contributed by atoms with Gasteiger partial charge in [-0.3, -0.25) is 9.59 Å². The molecule has 20 heavy (non-hydrogen) atoms. The lowest BCUT2D eigenvalue weighted by atomic mass is 10.1. The second-order valence-corrected chi connectivity index (χ2v) is 4.93.